The van der Waals surface area contributed by atoms with Gasteiger partial charge in [0.15, 0.2) is 0 Å². The van der Waals surface area contributed by atoms with Crippen molar-refractivity contribution in [2.75, 3.05) is 12.4 Å². The topological polar surface area (TPSA) is 26.3 Å². The summed E-state index contributed by atoms with van der Waals surface area (Å²) in [5.74, 6) is -2.04. The molecule has 0 saturated carbocycles. The zero-order chi connectivity index (χ0) is 10.2. The Labute approximate surface area is 89.8 Å². The molecule has 0 amide bonds. The summed E-state index contributed by atoms with van der Waals surface area (Å²) in [7, 11) is 0. The first-order valence-electron chi connectivity index (χ1n) is 4.71. The lowest BCUT2D eigenvalue weighted by Gasteiger charge is -2.09. The van der Waals surface area contributed by atoms with Crippen LogP contribution in [0.1, 0.15) is 39.5 Å². The molecule has 80 valence electrons. The fraction of sp³-hybridized carbons (Fsp3) is 1.00. The highest BCUT2D eigenvalue weighted by Gasteiger charge is 2.18. The maximum absolute atomic E-state index is 11.5. The van der Waals surface area contributed by atoms with Gasteiger partial charge in [0.1, 0.15) is 0 Å². The molecular weight excluding hydrogens is 227 g/mol. The first-order chi connectivity index (χ1) is 6.12. The molecule has 0 aliphatic rings. The zero-order valence-corrected chi connectivity index (χ0v) is 10.8. The SMILES string of the molecule is CCCCOP(=O)(Cl)SCCCC. The van der Waals surface area contributed by atoms with Gasteiger partial charge in [-0.3, -0.25) is 4.57 Å². The lowest BCUT2D eigenvalue weighted by atomic mass is 10.4. The van der Waals surface area contributed by atoms with Crippen LogP contribution in [-0.4, -0.2) is 12.4 Å². The van der Waals surface area contributed by atoms with Crippen molar-refractivity contribution in [3.8, 4) is 0 Å². The minimum atomic E-state index is -2.86. The Balaban J connectivity index is 3.49. The van der Waals surface area contributed by atoms with Crippen LogP contribution in [0.15, 0.2) is 0 Å². The first-order valence-corrected chi connectivity index (χ1v) is 8.83. The van der Waals surface area contributed by atoms with Crippen LogP contribution in [0.2, 0.25) is 0 Å². The number of rotatable bonds is 8. The molecule has 0 aliphatic heterocycles. The molecule has 0 aliphatic carbocycles. The van der Waals surface area contributed by atoms with E-state index in [-0.39, 0.29) is 0 Å². The third kappa shape index (κ3) is 9.14. The third-order valence-corrected chi connectivity index (χ3v) is 5.72. The lowest BCUT2D eigenvalue weighted by molar-refractivity contribution is 0.326. The molecule has 0 fully saturated rings. The van der Waals surface area contributed by atoms with Gasteiger partial charge >= 0.3 is 5.92 Å². The maximum atomic E-state index is 11.5. The van der Waals surface area contributed by atoms with Crippen LogP contribution in [0.4, 0.5) is 0 Å². The molecule has 2 nitrogen and oxygen atoms in total. The molecule has 0 bridgehead atoms. The van der Waals surface area contributed by atoms with E-state index >= 15 is 0 Å². The summed E-state index contributed by atoms with van der Waals surface area (Å²) < 4.78 is 16.6. The fourth-order valence-electron chi connectivity index (χ4n) is 0.673. The molecule has 1 atom stereocenters. The second-order valence-corrected chi connectivity index (χ2v) is 8.74. The monoisotopic (exact) mass is 244 g/mol. The molecule has 5 heteroatoms. The predicted molar refractivity (Wildman–Crippen MR) is 61.7 cm³/mol. The highest BCUT2D eigenvalue weighted by Crippen LogP contribution is 2.64. The highest BCUT2D eigenvalue weighted by molar-refractivity contribution is 8.63. The van der Waals surface area contributed by atoms with Crippen molar-refractivity contribution in [1.29, 1.82) is 0 Å². The fourth-order valence-corrected chi connectivity index (χ4v) is 4.05. The van der Waals surface area contributed by atoms with Crippen LogP contribution < -0.4 is 0 Å². The Morgan fingerprint density at radius 3 is 2.46 bits per heavy atom. The Morgan fingerprint density at radius 1 is 1.31 bits per heavy atom. The molecule has 0 spiro atoms. The van der Waals surface area contributed by atoms with Crippen molar-refractivity contribution in [3.63, 3.8) is 0 Å². The third-order valence-electron chi connectivity index (χ3n) is 1.49. The van der Waals surface area contributed by atoms with Gasteiger partial charge in [0.05, 0.1) is 6.61 Å². The molecule has 0 N–H and O–H groups in total. The molecule has 1 unspecified atom stereocenters. The summed E-state index contributed by atoms with van der Waals surface area (Å²) in [5, 5.41) is 0. The van der Waals surface area contributed by atoms with Crippen LogP contribution >= 0.6 is 28.5 Å². The Kier molecular flexibility index (Phi) is 8.69. The van der Waals surface area contributed by atoms with E-state index in [1.807, 2.05) is 0 Å². The lowest BCUT2D eigenvalue weighted by Crippen LogP contribution is -1.87. The van der Waals surface area contributed by atoms with E-state index in [2.05, 4.69) is 13.8 Å². The quantitative estimate of drug-likeness (QED) is 0.458. The van der Waals surface area contributed by atoms with Crippen molar-refractivity contribution >= 4 is 28.5 Å². The summed E-state index contributed by atoms with van der Waals surface area (Å²) in [6.45, 7) is 4.67. The standard InChI is InChI=1S/C8H18ClO2PS/c1-3-5-7-11-12(9,10)13-8-6-4-2/h3-8H2,1-2H3. The summed E-state index contributed by atoms with van der Waals surface area (Å²) in [6, 6.07) is 0. The molecule has 0 radical (unpaired) electrons. The summed E-state index contributed by atoms with van der Waals surface area (Å²) in [5.41, 5.74) is 0. The molecule has 0 saturated heterocycles. The Hall–Kier alpha value is 0.830. The van der Waals surface area contributed by atoms with Crippen molar-refractivity contribution < 1.29 is 9.09 Å². The van der Waals surface area contributed by atoms with Gasteiger partial charge in [-0.15, -0.1) is 0 Å². The van der Waals surface area contributed by atoms with Gasteiger partial charge in [-0.1, -0.05) is 38.1 Å². The van der Waals surface area contributed by atoms with Gasteiger partial charge < -0.3 is 4.52 Å². The largest absolute Gasteiger partial charge is 0.346 e. The van der Waals surface area contributed by atoms with Gasteiger partial charge in [-0.25, -0.2) is 0 Å². The maximum Gasteiger partial charge on any atom is 0.346 e. The van der Waals surface area contributed by atoms with Crippen LogP contribution in [-0.2, 0) is 9.09 Å². The van der Waals surface area contributed by atoms with Crippen LogP contribution in [0.25, 0.3) is 0 Å². The van der Waals surface area contributed by atoms with Gasteiger partial charge in [-0.05, 0) is 24.1 Å². The molecule has 0 heterocycles. The van der Waals surface area contributed by atoms with Crippen LogP contribution in [0, 0.1) is 0 Å². The highest BCUT2D eigenvalue weighted by atomic mass is 35.7. The summed E-state index contributed by atoms with van der Waals surface area (Å²) in [6.07, 6.45) is 4.10. The smallest absolute Gasteiger partial charge is 0.310 e. The van der Waals surface area contributed by atoms with E-state index < -0.39 is 5.92 Å². The van der Waals surface area contributed by atoms with E-state index in [1.165, 1.54) is 11.4 Å². The average Bonchev–Trinajstić information content (AvgIpc) is 2.05. The summed E-state index contributed by atoms with van der Waals surface area (Å²) >= 11 is 6.96. The number of unbranched alkanes of at least 4 members (excludes halogenated alkanes) is 2. The van der Waals surface area contributed by atoms with E-state index in [0.29, 0.717) is 6.61 Å². The van der Waals surface area contributed by atoms with Crippen molar-refractivity contribution in [3.05, 3.63) is 0 Å². The molecule has 0 rings (SSSR count). The molecule has 0 aromatic rings. The molecule has 0 aromatic carbocycles. The van der Waals surface area contributed by atoms with Crippen molar-refractivity contribution in [1.82, 2.24) is 0 Å². The van der Waals surface area contributed by atoms with Gasteiger partial charge in [0, 0.05) is 5.75 Å². The second kappa shape index (κ2) is 8.16. The van der Waals surface area contributed by atoms with E-state index in [0.717, 1.165) is 31.4 Å². The van der Waals surface area contributed by atoms with Crippen LogP contribution in [0.3, 0.4) is 0 Å². The number of hydrogen-bond donors (Lipinski definition) is 0. The number of hydrogen-bond acceptors (Lipinski definition) is 3. The predicted octanol–water partition coefficient (Wildman–Crippen LogP) is 4.68. The van der Waals surface area contributed by atoms with Crippen molar-refractivity contribution in [2.24, 2.45) is 0 Å². The van der Waals surface area contributed by atoms with Crippen LogP contribution in [0.5, 0.6) is 0 Å². The first kappa shape index (κ1) is 13.8. The second-order valence-electron chi connectivity index (χ2n) is 2.80. The molecule has 13 heavy (non-hydrogen) atoms. The van der Waals surface area contributed by atoms with E-state index in [9.17, 15) is 4.57 Å². The zero-order valence-electron chi connectivity index (χ0n) is 8.29. The minimum Gasteiger partial charge on any atom is -0.310 e. The van der Waals surface area contributed by atoms with E-state index in [1.54, 1.807) is 0 Å². The Bertz CT molecular complexity index is 152. The molecular formula is C8H18ClO2PS. The van der Waals surface area contributed by atoms with Gasteiger partial charge in [-0.2, -0.15) is 0 Å². The Morgan fingerprint density at radius 2 is 1.92 bits per heavy atom. The average molecular weight is 245 g/mol. The molecule has 0 aromatic heterocycles. The summed E-state index contributed by atoms with van der Waals surface area (Å²) in [4.78, 5) is 0. The number of halogens is 1. The minimum absolute atomic E-state index is 0.510. The van der Waals surface area contributed by atoms with Gasteiger partial charge in [0.25, 0.3) is 0 Å². The normalized spacial score (nSPS) is 15.6. The van der Waals surface area contributed by atoms with E-state index in [4.69, 9.17) is 15.8 Å². The van der Waals surface area contributed by atoms with Gasteiger partial charge in [0.2, 0.25) is 0 Å². The van der Waals surface area contributed by atoms with Crippen molar-refractivity contribution in [2.45, 2.75) is 39.5 Å².